The Kier molecular flexibility index (Phi) is 3.05. The molecule has 0 bridgehead atoms. The van der Waals surface area contributed by atoms with E-state index < -0.39 is 11.9 Å². The molecule has 0 aromatic rings. The van der Waals surface area contributed by atoms with Gasteiger partial charge in [-0.2, -0.15) is 0 Å². The van der Waals surface area contributed by atoms with Gasteiger partial charge in [0.1, 0.15) is 0 Å². The van der Waals surface area contributed by atoms with Crippen LogP contribution in [0.15, 0.2) is 0 Å². The number of rotatable bonds is 3. The van der Waals surface area contributed by atoms with Gasteiger partial charge in [-0.15, -0.1) is 0 Å². The summed E-state index contributed by atoms with van der Waals surface area (Å²) in [7, 11) is 0. The molecule has 1 heterocycles. The molecule has 0 aliphatic carbocycles. The number of amides is 1. The highest BCUT2D eigenvalue weighted by Crippen LogP contribution is 2.21. The van der Waals surface area contributed by atoms with Crippen molar-refractivity contribution in [1.29, 1.82) is 0 Å². The monoisotopic (exact) mass is 172 g/mol. The zero-order valence-electron chi connectivity index (χ0n) is 7.32. The van der Waals surface area contributed by atoms with E-state index in [-0.39, 0.29) is 6.10 Å². The molecule has 70 valence electrons. The maximum absolute atomic E-state index is 10.6. The average Bonchev–Trinajstić information content (AvgIpc) is 2.35. The van der Waals surface area contributed by atoms with Gasteiger partial charge in [-0.1, -0.05) is 0 Å². The van der Waals surface area contributed by atoms with Crippen LogP contribution in [0.1, 0.15) is 26.2 Å². The lowest BCUT2D eigenvalue weighted by Crippen LogP contribution is -2.39. The normalized spacial score (nSPS) is 31.8. The third-order valence-electron chi connectivity index (χ3n) is 2.20. The highest BCUT2D eigenvalue weighted by molar-refractivity contribution is 5.79. The number of hydrogen-bond acceptors (Lipinski definition) is 3. The molecule has 0 radical (unpaired) electrons. The van der Waals surface area contributed by atoms with Crippen molar-refractivity contribution in [2.75, 3.05) is 0 Å². The quantitative estimate of drug-likeness (QED) is 0.616. The number of hydrogen-bond donors (Lipinski definition) is 2. The second kappa shape index (κ2) is 3.87. The Morgan fingerprint density at radius 2 is 2.33 bits per heavy atom. The lowest BCUT2D eigenvalue weighted by molar-refractivity contribution is -0.120. The molecule has 4 nitrogen and oxygen atoms in total. The van der Waals surface area contributed by atoms with E-state index in [1.54, 1.807) is 0 Å². The smallest absolute Gasteiger partial charge is 0.234 e. The first-order chi connectivity index (χ1) is 5.59. The van der Waals surface area contributed by atoms with Crippen LogP contribution >= 0.6 is 0 Å². The van der Waals surface area contributed by atoms with Crippen LogP contribution in [0, 0.1) is 0 Å². The Labute approximate surface area is 72.2 Å². The van der Waals surface area contributed by atoms with Gasteiger partial charge in [-0.25, -0.2) is 0 Å². The Morgan fingerprint density at radius 3 is 2.75 bits per heavy atom. The van der Waals surface area contributed by atoms with Crippen molar-refractivity contribution in [3.8, 4) is 0 Å². The van der Waals surface area contributed by atoms with Crippen LogP contribution < -0.4 is 11.5 Å². The van der Waals surface area contributed by atoms with Gasteiger partial charge in [0.2, 0.25) is 5.91 Å². The minimum Gasteiger partial charge on any atom is -0.375 e. The molecule has 4 heteroatoms. The first kappa shape index (κ1) is 9.48. The predicted octanol–water partition coefficient (Wildman–Crippen LogP) is -0.243. The van der Waals surface area contributed by atoms with Crippen molar-refractivity contribution in [3.05, 3.63) is 0 Å². The van der Waals surface area contributed by atoms with Crippen LogP contribution in [-0.2, 0) is 9.53 Å². The van der Waals surface area contributed by atoms with E-state index in [1.807, 2.05) is 6.92 Å². The third kappa shape index (κ3) is 2.46. The van der Waals surface area contributed by atoms with Crippen molar-refractivity contribution in [3.63, 3.8) is 0 Å². The van der Waals surface area contributed by atoms with Crippen LogP contribution in [0.25, 0.3) is 0 Å². The number of ether oxygens (including phenoxy) is 1. The maximum Gasteiger partial charge on any atom is 0.234 e. The molecule has 1 saturated heterocycles. The number of primary amides is 1. The molecule has 0 aromatic carbocycles. The summed E-state index contributed by atoms with van der Waals surface area (Å²) >= 11 is 0. The first-order valence-corrected chi connectivity index (χ1v) is 4.30. The minimum absolute atomic E-state index is 0.127. The van der Waals surface area contributed by atoms with Gasteiger partial charge in [0, 0.05) is 0 Å². The largest absolute Gasteiger partial charge is 0.375 e. The minimum atomic E-state index is -0.555. The summed E-state index contributed by atoms with van der Waals surface area (Å²) in [6.07, 6.45) is 3.02. The van der Waals surface area contributed by atoms with Gasteiger partial charge in [0.15, 0.2) is 0 Å². The Bertz CT molecular complexity index is 172. The van der Waals surface area contributed by atoms with Crippen LogP contribution in [0.4, 0.5) is 0 Å². The zero-order valence-corrected chi connectivity index (χ0v) is 7.32. The van der Waals surface area contributed by atoms with E-state index in [1.165, 1.54) is 0 Å². The molecular formula is C8H16N2O2. The fourth-order valence-corrected chi connectivity index (χ4v) is 1.46. The van der Waals surface area contributed by atoms with Crippen molar-refractivity contribution >= 4 is 5.91 Å². The molecule has 3 unspecified atom stereocenters. The first-order valence-electron chi connectivity index (χ1n) is 4.30. The molecular weight excluding hydrogens is 156 g/mol. The molecule has 1 fully saturated rings. The van der Waals surface area contributed by atoms with Gasteiger partial charge in [0.05, 0.1) is 18.2 Å². The molecule has 0 saturated carbocycles. The molecule has 4 N–H and O–H groups in total. The molecule has 12 heavy (non-hydrogen) atoms. The van der Waals surface area contributed by atoms with Gasteiger partial charge < -0.3 is 16.2 Å². The van der Waals surface area contributed by atoms with Crippen LogP contribution in [0.3, 0.4) is 0 Å². The Hall–Kier alpha value is -0.610. The summed E-state index contributed by atoms with van der Waals surface area (Å²) in [5.74, 6) is -0.446. The van der Waals surface area contributed by atoms with Gasteiger partial charge in [-0.05, 0) is 26.2 Å². The fourth-order valence-electron chi connectivity index (χ4n) is 1.46. The van der Waals surface area contributed by atoms with Crippen LogP contribution in [0.5, 0.6) is 0 Å². The fraction of sp³-hybridized carbons (Fsp3) is 0.875. The Balaban J connectivity index is 2.27. The van der Waals surface area contributed by atoms with E-state index in [2.05, 4.69) is 0 Å². The van der Waals surface area contributed by atoms with E-state index in [0.717, 1.165) is 12.8 Å². The SMILES string of the molecule is CC1CCC(CC(N)C(N)=O)O1. The van der Waals surface area contributed by atoms with Crippen molar-refractivity contribution < 1.29 is 9.53 Å². The highest BCUT2D eigenvalue weighted by atomic mass is 16.5. The van der Waals surface area contributed by atoms with Crippen LogP contribution in [-0.4, -0.2) is 24.2 Å². The lowest BCUT2D eigenvalue weighted by atomic mass is 10.1. The van der Waals surface area contributed by atoms with E-state index >= 15 is 0 Å². The van der Waals surface area contributed by atoms with Crippen LogP contribution in [0.2, 0.25) is 0 Å². The lowest BCUT2D eigenvalue weighted by Gasteiger charge is -2.13. The van der Waals surface area contributed by atoms with E-state index in [0.29, 0.717) is 12.5 Å². The predicted molar refractivity (Wildman–Crippen MR) is 45.4 cm³/mol. The summed E-state index contributed by atoms with van der Waals surface area (Å²) in [6.45, 7) is 2.02. The number of carbonyl (C=O) groups excluding carboxylic acids is 1. The summed E-state index contributed by atoms with van der Waals surface area (Å²) in [5.41, 5.74) is 10.5. The number of nitrogens with two attached hydrogens (primary N) is 2. The summed E-state index contributed by atoms with van der Waals surface area (Å²) in [6, 6.07) is -0.555. The molecule has 1 rings (SSSR count). The number of carbonyl (C=O) groups is 1. The average molecular weight is 172 g/mol. The molecule has 1 aliphatic heterocycles. The topological polar surface area (TPSA) is 78.3 Å². The molecule has 0 aromatic heterocycles. The van der Waals surface area contributed by atoms with Crippen molar-refractivity contribution in [2.45, 2.75) is 44.4 Å². The second-order valence-electron chi connectivity index (χ2n) is 3.39. The van der Waals surface area contributed by atoms with Crippen molar-refractivity contribution in [2.24, 2.45) is 11.5 Å². The van der Waals surface area contributed by atoms with Gasteiger partial charge in [0.25, 0.3) is 0 Å². The van der Waals surface area contributed by atoms with Gasteiger partial charge >= 0.3 is 0 Å². The van der Waals surface area contributed by atoms with Gasteiger partial charge in [-0.3, -0.25) is 4.79 Å². The zero-order chi connectivity index (χ0) is 9.14. The molecule has 1 amide bonds. The maximum atomic E-state index is 10.6. The molecule has 1 aliphatic rings. The Morgan fingerprint density at radius 1 is 1.67 bits per heavy atom. The molecule has 0 spiro atoms. The van der Waals surface area contributed by atoms with Crippen molar-refractivity contribution in [1.82, 2.24) is 0 Å². The summed E-state index contributed by atoms with van der Waals surface area (Å²) in [4.78, 5) is 10.6. The summed E-state index contributed by atoms with van der Waals surface area (Å²) < 4.78 is 5.49. The standard InChI is InChI=1S/C8H16N2O2/c1-5-2-3-6(12-5)4-7(9)8(10)11/h5-7H,2-4,9H2,1H3,(H2,10,11). The van der Waals surface area contributed by atoms with E-state index in [9.17, 15) is 4.79 Å². The highest BCUT2D eigenvalue weighted by Gasteiger charge is 2.25. The van der Waals surface area contributed by atoms with E-state index in [4.69, 9.17) is 16.2 Å². The summed E-state index contributed by atoms with van der Waals surface area (Å²) in [5, 5.41) is 0. The third-order valence-corrected chi connectivity index (χ3v) is 2.20. The molecule has 3 atom stereocenters. The second-order valence-corrected chi connectivity index (χ2v) is 3.39.